The van der Waals surface area contributed by atoms with E-state index in [1.54, 1.807) is 6.92 Å². The number of nitro groups is 2. The Bertz CT molecular complexity index is 1780. The number of nitrogen functional groups attached to an aromatic ring is 1. The lowest BCUT2D eigenvalue weighted by Gasteiger charge is -2.43. The number of thiazole rings is 1. The average molecular weight is 700 g/mol. The second-order valence-corrected chi connectivity index (χ2v) is 11.7. The van der Waals surface area contributed by atoms with Gasteiger partial charge in [-0.25, -0.2) is 19.6 Å². The van der Waals surface area contributed by atoms with E-state index >= 15 is 0 Å². The maximum atomic E-state index is 13.3. The summed E-state index contributed by atoms with van der Waals surface area (Å²) in [6, 6.07) is 8.95. The number of β-lactam (4-membered cyclic amide) rings is 1. The van der Waals surface area contributed by atoms with Crippen LogP contribution in [-0.2, 0) is 51.5 Å². The van der Waals surface area contributed by atoms with Gasteiger partial charge in [0.05, 0.1) is 15.9 Å². The van der Waals surface area contributed by atoms with E-state index in [1.807, 2.05) is 0 Å². The fraction of sp³-hybridized carbons (Fsp3) is 0.310. The van der Waals surface area contributed by atoms with Gasteiger partial charge in [-0.3, -0.25) is 34.7 Å². The zero-order valence-electron chi connectivity index (χ0n) is 26.1. The number of anilines is 1. The maximum absolute atomic E-state index is 13.3. The normalized spacial score (nSPS) is 15.9. The van der Waals surface area contributed by atoms with Crippen molar-refractivity contribution in [3.05, 3.63) is 91.0 Å². The van der Waals surface area contributed by atoms with Gasteiger partial charge in [-0.1, -0.05) is 5.16 Å². The smallest absolute Gasteiger partial charge is 0.353 e. The molecular weight excluding hydrogens is 670 g/mol. The number of nitrogens with one attached hydrogen (secondary N) is 1. The van der Waals surface area contributed by atoms with Gasteiger partial charge in [0, 0.05) is 29.6 Å². The predicted molar refractivity (Wildman–Crippen MR) is 168 cm³/mol. The van der Waals surface area contributed by atoms with Crippen LogP contribution in [0.3, 0.4) is 0 Å². The van der Waals surface area contributed by atoms with Crippen molar-refractivity contribution in [1.82, 2.24) is 15.4 Å². The number of nitro benzene ring substituents is 2. The zero-order valence-corrected chi connectivity index (χ0v) is 26.9. The molecule has 2 amide bonds. The van der Waals surface area contributed by atoms with Gasteiger partial charge < -0.3 is 25.4 Å². The van der Waals surface area contributed by atoms with Crippen LogP contribution in [0, 0.1) is 20.2 Å². The van der Waals surface area contributed by atoms with Gasteiger partial charge in [0.2, 0.25) is 5.60 Å². The van der Waals surface area contributed by atoms with Crippen molar-refractivity contribution in [2.24, 2.45) is 5.16 Å². The van der Waals surface area contributed by atoms with E-state index in [4.69, 9.17) is 24.9 Å². The molecule has 0 radical (unpaired) electrons. The molecule has 2 aromatic carbocycles. The first-order valence-corrected chi connectivity index (χ1v) is 15.1. The molecule has 0 bridgehead atoms. The summed E-state index contributed by atoms with van der Waals surface area (Å²) in [4.78, 5) is 86.2. The van der Waals surface area contributed by atoms with Crippen molar-refractivity contribution in [3.63, 3.8) is 0 Å². The number of hydroxylamine groups is 2. The third-order valence-corrected chi connectivity index (χ3v) is 7.52. The molecule has 2 atom stereocenters. The minimum absolute atomic E-state index is 0.00153. The Balaban J connectivity index is 1.31. The Labute approximate surface area is 280 Å². The van der Waals surface area contributed by atoms with Crippen LogP contribution in [0.5, 0.6) is 0 Å². The van der Waals surface area contributed by atoms with Crippen LogP contribution in [0.2, 0.25) is 0 Å². The minimum atomic E-state index is -1.72. The summed E-state index contributed by atoms with van der Waals surface area (Å²) in [5.74, 6) is -3.26. The Kier molecular flexibility index (Phi) is 11.2. The van der Waals surface area contributed by atoms with Gasteiger partial charge in [-0.05, 0) is 56.2 Å². The number of rotatable bonds is 15. The number of amides is 2. The van der Waals surface area contributed by atoms with E-state index in [9.17, 15) is 39.4 Å². The first kappa shape index (κ1) is 35.8. The SMILES string of the molecule is C[C@H]1[C@H](NC(=O)/C(=N\OC(C)(C)C(=O)OCc2ccc([N+](=O)[O-])cc2)c2csc(N)n2)C(=O)N1OCC(=O)OCc1ccc([N+](=O)[O-])cc1. The number of aromatic nitrogens is 1. The number of nitrogens with zero attached hydrogens (tertiary/aromatic N) is 5. The molecule has 4 rings (SSSR count). The highest BCUT2D eigenvalue weighted by Gasteiger charge is 2.47. The van der Waals surface area contributed by atoms with Gasteiger partial charge in [-0.2, -0.15) is 0 Å². The van der Waals surface area contributed by atoms with Crippen LogP contribution in [0.4, 0.5) is 16.5 Å². The highest BCUT2D eigenvalue weighted by molar-refractivity contribution is 7.13. The average Bonchev–Trinajstić information content (AvgIpc) is 3.50. The number of oxime groups is 1. The molecule has 258 valence electrons. The first-order valence-electron chi connectivity index (χ1n) is 14.2. The van der Waals surface area contributed by atoms with Crippen molar-refractivity contribution in [2.45, 2.75) is 51.7 Å². The Hall–Kier alpha value is -6.02. The highest BCUT2D eigenvalue weighted by atomic mass is 32.1. The summed E-state index contributed by atoms with van der Waals surface area (Å²) in [7, 11) is 0. The lowest BCUT2D eigenvalue weighted by Crippen LogP contribution is -2.70. The molecule has 0 unspecified atom stereocenters. The van der Waals surface area contributed by atoms with Crippen LogP contribution in [-0.4, -0.2) is 73.7 Å². The number of esters is 2. The molecule has 20 heteroatoms. The summed E-state index contributed by atoms with van der Waals surface area (Å²) in [5.41, 5.74) is 4.34. The molecule has 1 saturated heterocycles. The van der Waals surface area contributed by atoms with E-state index < -0.39 is 63.6 Å². The number of hydrogen-bond donors (Lipinski definition) is 2. The fourth-order valence-electron chi connectivity index (χ4n) is 4.05. The number of hydrogen-bond acceptors (Lipinski definition) is 16. The van der Waals surface area contributed by atoms with Crippen molar-refractivity contribution < 1.29 is 48.2 Å². The standard InChI is InChI=1S/C29H29N7O12S/c1-16-23(26(39)34(16)47-14-22(37)45-12-17-4-8-19(9-5-17)35(41)42)32-25(38)24(21-15-49-28(30)31-21)33-48-29(2,3)27(40)46-13-18-6-10-20(11-7-18)36(43)44/h4-11,15-16,23H,12-14H2,1-3H3,(H2,30,31)(H,32,38)/b33-24-/t16-,23-/m0/s1. The molecule has 0 aliphatic carbocycles. The van der Waals surface area contributed by atoms with Crippen molar-refractivity contribution in [2.75, 3.05) is 12.3 Å². The molecular formula is C29H29N7O12S. The van der Waals surface area contributed by atoms with Gasteiger partial charge in [0.15, 0.2) is 17.5 Å². The maximum Gasteiger partial charge on any atom is 0.353 e. The van der Waals surface area contributed by atoms with Crippen LogP contribution in [0.15, 0.2) is 59.1 Å². The van der Waals surface area contributed by atoms with Crippen molar-refractivity contribution >= 4 is 57.3 Å². The van der Waals surface area contributed by atoms with E-state index in [0.717, 1.165) is 16.4 Å². The summed E-state index contributed by atoms with van der Waals surface area (Å²) in [6.07, 6.45) is 0. The minimum Gasteiger partial charge on any atom is -0.459 e. The monoisotopic (exact) mass is 699 g/mol. The molecule has 1 aromatic heterocycles. The van der Waals surface area contributed by atoms with Crippen LogP contribution < -0.4 is 11.1 Å². The molecule has 1 aliphatic rings. The van der Waals surface area contributed by atoms with E-state index in [1.165, 1.54) is 67.8 Å². The van der Waals surface area contributed by atoms with E-state index in [0.29, 0.717) is 11.1 Å². The molecule has 3 N–H and O–H groups in total. The zero-order chi connectivity index (χ0) is 35.9. The highest BCUT2D eigenvalue weighted by Crippen LogP contribution is 2.22. The van der Waals surface area contributed by atoms with Gasteiger partial charge >= 0.3 is 11.9 Å². The van der Waals surface area contributed by atoms with Crippen molar-refractivity contribution in [1.29, 1.82) is 0 Å². The second-order valence-electron chi connectivity index (χ2n) is 10.8. The topological polar surface area (TPSA) is 258 Å². The second kappa shape index (κ2) is 15.3. The van der Waals surface area contributed by atoms with Crippen LogP contribution in [0.25, 0.3) is 0 Å². The van der Waals surface area contributed by atoms with E-state index in [-0.39, 0.29) is 35.4 Å². The molecule has 1 aliphatic heterocycles. The Morgan fingerprint density at radius 2 is 1.55 bits per heavy atom. The third-order valence-electron chi connectivity index (χ3n) is 6.84. The predicted octanol–water partition coefficient (Wildman–Crippen LogP) is 2.17. The Morgan fingerprint density at radius 3 is 2.04 bits per heavy atom. The summed E-state index contributed by atoms with van der Waals surface area (Å²) < 4.78 is 10.3. The Morgan fingerprint density at radius 1 is 1.00 bits per heavy atom. The van der Waals surface area contributed by atoms with Crippen molar-refractivity contribution in [3.8, 4) is 0 Å². The molecule has 0 spiro atoms. The fourth-order valence-corrected chi connectivity index (χ4v) is 4.59. The number of nitrogens with two attached hydrogens (primary N) is 1. The third kappa shape index (κ3) is 9.08. The summed E-state index contributed by atoms with van der Waals surface area (Å²) in [6.45, 7) is 3.19. The number of ether oxygens (including phenoxy) is 2. The lowest BCUT2D eigenvalue weighted by atomic mass is 10.00. The summed E-state index contributed by atoms with van der Waals surface area (Å²) >= 11 is 1.00. The molecule has 1 fully saturated rings. The molecule has 0 saturated carbocycles. The molecule has 49 heavy (non-hydrogen) atoms. The molecule has 3 aromatic rings. The number of carbonyl (C=O) groups excluding carboxylic acids is 4. The molecule has 2 heterocycles. The van der Waals surface area contributed by atoms with Crippen LogP contribution in [0.1, 0.15) is 37.6 Å². The van der Waals surface area contributed by atoms with E-state index in [2.05, 4.69) is 15.5 Å². The largest absolute Gasteiger partial charge is 0.459 e. The van der Waals surface area contributed by atoms with Gasteiger partial charge in [-0.15, -0.1) is 11.3 Å². The lowest BCUT2D eigenvalue weighted by molar-refractivity contribution is -0.385. The number of benzene rings is 2. The van der Waals surface area contributed by atoms with Gasteiger partial charge in [0.25, 0.3) is 23.2 Å². The number of non-ortho nitro benzene ring substituents is 2. The van der Waals surface area contributed by atoms with Gasteiger partial charge in [0.1, 0.15) is 24.9 Å². The number of carbonyl (C=O) groups is 4. The molecule has 19 nitrogen and oxygen atoms in total. The first-order chi connectivity index (χ1) is 23.2. The quantitative estimate of drug-likeness (QED) is 0.0758. The summed E-state index contributed by atoms with van der Waals surface area (Å²) in [5, 5.41) is 30.4. The van der Waals surface area contributed by atoms with Crippen LogP contribution >= 0.6 is 11.3 Å².